The number of rotatable bonds is 19. The van der Waals surface area contributed by atoms with Crippen molar-refractivity contribution in [3.63, 3.8) is 0 Å². The van der Waals surface area contributed by atoms with E-state index in [1.807, 2.05) is 53.9 Å². The van der Waals surface area contributed by atoms with E-state index >= 15 is 0 Å². The van der Waals surface area contributed by atoms with Crippen LogP contribution in [-0.2, 0) is 23.0 Å². The van der Waals surface area contributed by atoms with Gasteiger partial charge < -0.3 is 9.32 Å². The number of hydrogen-bond acceptors (Lipinski definition) is 6. The van der Waals surface area contributed by atoms with Gasteiger partial charge in [0.15, 0.2) is 0 Å². The highest BCUT2D eigenvalue weighted by molar-refractivity contribution is 7.99. The molecule has 0 atom stereocenters. The van der Waals surface area contributed by atoms with Gasteiger partial charge >= 0.3 is 0 Å². The van der Waals surface area contributed by atoms with Crippen molar-refractivity contribution in [1.82, 2.24) is 4.58 Å². The maximum Gasteiger partial charge on any atom is 0.295 e. The fourth-order valence-corrected chi connectivity index (χ4v) is 11.0. The smallest absolute Gasteiger partial charge is 0.295 e. The number of para-hydroxylation sites is 2. The minimum Gasteiger partial charge on any atom is -0.456 e. The lowest BCUT2D eigenvalue weighted by Crippen LogP contribution is -2.28. The summed E-state index contributed by atoms with van der Waals surface area (Å²) in [7, 11) is -4.57. The number of nitrogens with zero attached hydrogens (tertiary/aromatic N) is 2. The van der Waals surface area contributed by atoms with Gasteiger partial charge in [-0.1, -0.05) is 118 Å². The lowest BCUT2D eigenvalue weighted by atomic mass is 9.93. The molecule has 1 heterocycles. The number of benzene rings is 7. The molecule has 1 aliphatic carbocycles. The van der Waals surface area contributed by atoms with Crippen molar-refractivity contribution in [1.29, 1.82) is 0 Å². The van der Waals surface area contributed by atoms with Gasteiger partial charge in [0, 0.05) is 85.7 Å². The van der Waals surface area contributed by atoms with Gasteiger partial charge in [-0.3, -0.25) is 4.55 Å². The monoisotopic (exact) mass is 903 g/mol. The van der Waals surface area contributed by atoms with Gasteiger partial charge in [0.2, 0.25) is 11.0 Å². The molecule has 0 saturated heterocycles. The minimum absolute atomic E-state index is 0.144. The van der Waals surface area contributed by atoms with Crippen molar-refractivity contribution in [2.24, 2.45) is 0 Å². The summed E-state index contributed by atoms with van der Waals surface area (Å²) in [6.07, 6.45) is 5.86. The molecule has 0 amide bonds. The molecule has 326 valence electrons. The highest BCUT2D eigenvalue weighted by Gasteiger charge is 2.26. The molecule has 9 heteroatoms. The zero-order chi connectivity index (χ0) is 44.3. The molecule has 0 unspecified atom stereocenters. The van der Waals surface area contributed by atoms with Crippen LogP contribution < -0.4 is 14.8 Å². The molecule has 1 N–H and O–H groups in total. The van der Waals surface area contributed by atoms with E-state index in [9.17, 15) is 13.0 Å². The first kappa shape index (κ1) is 45.0. The second kappa shape index (κ2) is 21.4. The molecule has 0 spiro atoms. The molecule has 2 aliphatic rings. The van der Waals surface area contributed by atoms with Crippen LogP contribution in [0.3, 0.4) is 0 Å². The molecule has 64 heavy (non-hydrogen) atoms. The van der Waals surface area contributed by atoms with E-state index < -0.39 is 10.1 Å². The van der Waals surface area contributed by atoms with Crippen molar-refractivity contribution < 1.29 is 17.4 Å². The molecule has 6 nitrogen and oxygen atoms in total. The average molecular weight is 904 g/mol. The normalized spacial score (nSPS) is 12.2. The van der Waals surface area contributed by atoms with Gasteiger partial charge in [0.05, 0.1) is 6.07 Å². The van der Waals surface area contributed by atoms with Gasteiger partial charge in [-0.15, -0.1) is 23.5 Å². The molecule has 6 aromatic carbocycles. The quantitative estimate of drug-likeness (QED) is 0.0285. The van der Waals surface area contributed by atoms with Crippen LogP contribution in [-0.4, -0.2) is 37.6 Å². The summed E-state index contributed by atoms with van der Waals surface area (Å²) in [5, 5.41) is 1.74. The van der Waals surface area contributed by atoms with Crippen molar-refractivity contribution in [3.8, 4) is 22.5 Å². The first-order chi connectivity index (χ1) is 31.3. The van der Waals surface area contributed by atoms with Crippen LogP contribution in [0, 0.1) is 0 Å². The van der Waals surface area contributed by atoms with Gasteiger partial charge in [0.1, 0.15) is 22.8 Å². The average Bonchev–Trinajstić information content (AvgIpc) is 3.32. The van der Waals surface area contributed by atoms with Crippen LogP contribution in [0.4, 0.5) is 17.1 Å². The highest BCUT2D eigenvalue weighted by Crippen LogP contribution is 2.44. The first-order valence-corrected chi connectivity index (χ1v) is 25.7. The summed E-state index contributed by atoms with van der Waals surface area (Å²) < 4.78 is 46.1. The van der Waals surface area contributed by atoms with Gasteiger partial charge in [0.25, 0.3) is 10.1 Å². The highest BCUT2D eigenvalue weighted by atomic mass is 32.2. The second-order valence-electron chi connectivity index (χ2n) is 15.9. The van der Waals surface area contributed by atoms with Gasteiger partial charge in [-0.2, -0.15) is 13.0 Å². The minimum atomic E-state index is -4.57. The Hall–Kier alpha value is -5.58. The second-order valence-corrected chi connectivity index (χ2v) is 19.6. The molecule has 0 bridgehead atoms. The summed E-state index contributed by atoms with van der Waals surface area (Å²) in [6.45, 7) is 6.00. The summed E-state index contributed by atoms with van der Waals surface area (Å²) in [4.78, 5) is 4.77. The Balaban J connectivity index is 1.30. The Kier molecular flexibility index (Phi) is 15.0. The molecular weight excluding hydrogens is 849 g/mol. The third kappa shape index (κ3) is 10.7. The van der Waals surface area contributed by atoms with Crippen molar-refractivity contribution in [2.75, 3.05) is 29.5 Å². The number of hydrogen-bond donors (Lipinski definition) is 1. The lowest BCUT2D eigenvalue weighted by Gasteiger charge is -2.28. The van der Waals surface area contributed by atoms with Crippen LogP contribution >= 0.6 is 23.5 Å². The van der Waals surface area contributed by atoms with E-state index in [2.05, 4.69) is 145 Å². The van der Waals surface area contributed by atoms with Gasteiger partial charge in [-0.05, 0) is 85.2 Å². The maximum absolute atomic E-state index is 13.0. The van der Waals surface area contributed by atoms with Crippen LogP contribution in [0.15, 0.2) is 189 Å². The molecular formula is C55H55N2O4S3+. The topological polar surface area (TPSA) is 73.8 Å². The van der Waals surface area contributed by atoms with E-state index in [0.717, 1.165) is 85.1 Å². The Morgan fingerprint density at radius 2 is 1.25 bits per heavy atom. The summed E-state index contributed by atoms with van der Waals surface area (Å²) in [6, 6.07) is 57.6. The number of anilines is 2. The third-order valence-electron chi connectivity index (χ3n) is 11.4. The first-order valence-electron chi connectivity index (χ1n) is 22.3. The molecule has 1 aliphatic heterocycles. The summed E-state index contributed by atoms with van der Waals surface area (Å²) >= 11 is 3.73. The van der Waals surface area contributed by atoms with E-state index in [1.54, 1.807) is 12.1 Å². The summed E-state index contributed by atoms with van der Waals surface area (Å²) in [5.74, 6) is 2.54. The Bertz CT molecular complexity index is 2970. The van der Waals surface area contributed by atoms with Crippen LogP contribution in [0.5, 0.6) is 0 Å². The fourth-order valence-electron chi connectivity index (χ4n) is 8.54. The Labute approximate surface area is 386 Å². The van der Waals surface area contributed by atoms with Crippen LogP contribution in [0.25, 0.3) is 33.4 Å². The number of thioether (sulfide) groups is 2. The molecule has 0 saturated carbocycles. The number of aryl methyl sites for hydroxylation is 2. The Morgan fingerprint density at radius 3 is 1.97 bits per heavy atom. The number of fused-ring (bicyclic) bond motifs is 2. The zero-order valence-electron chi connectivity index (χ0n) is 36.5. The molecule has 0 fully saturated rings. The largest absolute Gasteiger partial charge is 0.456 e. The SMILES string of the molecule is CCCc1ccccc1N(CCCSc1ccccc1)c1ccc2c(-c3ccccc3S(=O)(=O)O)c3ccc(=[N+](CCCSc4ccccc4)c4ccccc4CCC)cc-3oc2c1. The van der Waals surface area contributed by atoms with E-state index in [1.165, 1.54) is 38.4 Å². The molecule has 0 aromatic heterocycles. The van der Waals surface area contributed by atoms with Crippen molar-refractivity contribution in [2.45, 2.75) is 67.1 Å². The zero-order valence-corrected chi connectivity index (χ0v) is 39.0. The van der Waals surface area contributed by atoms with Crippen LogP contribution in [0.2, 0.25) is 0 Å². The van der Waals surface area contributed by atoms with E-state index in [4.69, 9.17) is 4.42 Å². The fraction of sp³-hybridized carbons (Fsp3) is 0.218. The maximum atomic E-state index is 13.0. The predicted molar refractivity (Wildman–Crippen MR) is 269 cm³/mol. The molecule has 0 radical (unpaired) electrons. The van der Waals surface area contributed by atoms with E-state index in [-0.39, 0.29) is 4.90 Å². The standard InChI is InChI=1S/C55H54N2O4S3/c1-3-19-41-21-11-14-28-50(41)56(35-17-37-62-45-23-7-5-8-24-45)43-31-33-47-52(39-43)61-53-40-44(32-34-48(53)55(47)49-27-13-16-30-54(49)64(58,59)60)57(51-29-15-12-22-42(51)20-4-2)36-18-38-63-46-25-9-6-10-26-46/h5-16,21-34,39-40H,3-4,17-20,35-38H2,1-2H3/p+1. The van der Waals surface area contributed by atoms with Crippen molar-refractivity contribution in [3.05, 3.63) is 186 Å². The summed E-state index contributed by atoms with van der Waals surface area (Å²) in [5.41, 5.74) is 8.38. The van der Waals surface area contributed by atoms with Crippen LogP contribution in [0.1, 0.15) is 50.7 Å². The Morgan fingerprint density at radius 1 is 0.625 bits per heavy atom. The predicted octanol–water partition coefficient (Wildman–Crippen LogP) is 14.0. The van der Waals surface area contributed by atoms with Crippen molar-refractivity contribution >= 4 is 61.7 Å². The molecule has 8 rings (SSSR count). The molecule has 6 aromatic rings. The van der Waals surface area contributed by atoms with E-state index in [0.29, 0.717) is 22.5 Å². The third-order valence-corrected chi connectivity index (χ3v) is 14.5. The van der Waals surface area contributed by atoms with Gasteiger partial charge in [-0.25, -0.2) is 0 Å². The lowest BCUT2D eigenvalue weighted by molar-refractivity contribution is 0.483.